The summed E-state index contributed by atoms with van der Waals surface area (Å²) in [5.74, 6) is 1.56. The Morgan fingerprint density at radius 2 is 1.89 bits per heavy atom. The number of ether oxygens (including phenoxy) is 1. The van der Waals surface area contributed by atoms with E-state index in [-0.39, 0.29) is 10.8 Å². The van der Waals surface area contributed by atoms with Gasteiger partial charge in [0.1, 0.15) is 6.54 Å². The summed E-state index contributed by atoms with van der Waals surface area (Å²) in [6, 6.07) is 2.24. The van der Waals surface area contributed by atoms with Gasteiger partial charge in [-0.2, -0.15) is 17.5 Å². The lowest BCUT2D eigenvalue weighted by atomic mass is 10.2. The highest BCUT2D eigenvalue weighted by molar-refractivity contribution is 7.89. The van der Waals surface area contributed by atoms with E-state index in [9.17, 15) is 26.4 Å². The molecule has 1 aromatic carbocycles. The Morgan fingerprint density at radius 1 is 1.32 bits per heavy atom. The first-order valence-electron chi connectivity index (χ1n) is 8.85. The summed E-state index contributed by atoms with van der Waals surface area (Å²) in [4.78, 5) is 11.8. The minimum absolute atomic E-state index is 0.0920. The van der Waals surface area contributed by atoms with Gasteiger partial charge in [0.15, 0.2) is 0 Å². The van der Waals surface area contributed by atoms with Crippen molar-refractivity contribution in [3.63, 3.8) is 0 Å². The van der Waals surface area contributed by atoms with E-state index in [2.05, 4.69) is 5.92 Å². The van der Waals surface area contributed by atoms with E-state index in [4.69, 9.17) is 11.2 Å². The van der Waals surface area contributed by atoms with Crippen LogP contribution in [-0.2, 0) is 25.7 Å². The largest absolute Gasteiger partial charge is 0.462 e. The number of rotatable bonds is 8. The quantitative estimate of drug-likeness (QED) is 0.480. The summed E-state index contributed by atoms with van der Waals surface area (Å²) in [5.41, 5.74) is -0.968. The first-order chi connectivity index (χ1) is 13.0. The van der Waals surface area contributed by atoms with Crippen LogP contribution in [-0.4, -0.2) is 37.4 Å². The van der Waals surface area contributed by atoms with E-state index in [1.807, 2.05) is 6.92 Å². The summed E-state index contributed by atoms with van der Waals surface area (Å²) in [6.07, 6.45) is 2.52. The third-order valence-corrected chi connectivity index (χ3v) is 6.37. The summed E-state index contributed by atoms with van der Waals surface area (Å²) < 4.78 is 70.4. The molecule has 0 N–H and O–H groups in total. The van der Waals surface area contributed by atoms with Crippen LogP contribution in [0.5, 0.6) is 0 Å². The molecule has 0 aromatic heterocycles. The molecule has 0 heterocycles. The van der Waals surface area contributed by atoms with E-state index in [0.29, 0.717) is 31.4 Å². The molecule has 0 spiro atoms. The summed E-state index contributed by atoms with van der Waals surface area (Å²) in [6.45, 7) is 2.88. The second-order valence-electron chi connectivity index (χ2n) is 6.73. The van der Waals surface area contributed by atoms with Crippen LogP contribution in [0.3, 0.4) is 0 Å². The van der Waals surface area contributed by atoms with Crippen molar-refractivity contribution in [2.45, 2.75) is 56.3 Å². The zero-order chi connectivity index (χ0) is 21.1. The maximum absolute atomic E-state index is 13.1. The molecular formula is C19H22F3NO4S. The predicted molar refractivity (Wildman–Crippen MR) is 96.5 cm³/mol. The lowest BCUT2D eigenvalue weighted by molar-refractivity contribution is -0.148. The van der Waals surface area contributed by atoms with Crippen LogP contribution in [0, 0.1) is 18.3 Å². The smallest absolute Gasteiger partial charge is 0.416 e. The van der Waals surface area contributed by atoms with Crippen LogP contribution in [0.1, 0.15) is 38.7 Å². The average molecular weight is 417 g/mol. The van der Waals surface area contributed by atoms with E-state index in [1.165, 1.54) is 0 Å². The summed E-state index contributed by atoms with van der Waals surface area (Å²) in [5, 5.41) is 0. The van der Waals surface area contributed by atoms with Gasteiger partial charge < -0.3 is 4.74 Å². The standard InChI is InChI=1S/C19H22F3NO4S/c1-4-13(3)27-18(24)12-23(17(5-2)14-6-7-14)28(25,26)16-10-8-15(9-11-16)19(20,21)22/h2,8-11,13-14,17H,4,6-7,12H2,1,3H3. The molecule has 0 aliphatic heterocycles. The summed E-state index contributed by atoms with van der Waals surface area (Å²) in [7, 11) is -4.29. The van der Waals surface area contributed by atoms with Crippen molar-refractivity contribution >= 4 is 16.0 Å². The number of sulfonamides is 1. The fourth-order valence-corrected chi connectivity index (χ4v) is 4.18. The Kier molecular flexibility index (Phi) is 6.78. The third kappa shape index (κ3) is 5.26. The topological polar surface area (TPSA) is 63.7 Å². The number of halogens is 3. The molecule has 2 rings (SSSR count). The van der Waals surface area contributed by atoms with Crippen molar-refractivity contribution in [1.29, 1.82) is 0 Å². The number of nitrogens with zero attached hydrogens (tertiary/aromatic N) is 1. The number of carbonyl (C=O) groups excluding carboxylic acids is 1. The van der Waals surface area contributed by atoms with Crippen LogP contribution in [0.15, 0.2) is 29.2 Å². The van der Waals surface area contributed by atoms with Crippen molar-refractivity contribution in [3.8, 4) is 12.3 Å². The number of benzene rings is 1. The first kappa shape index (κ1) is 22.2. The molecule has 0 bridgehead atoms. The van der Waals surface area contributed by atoms with E-state index >= 15 is 0 Å². The molecule has 28 heavy (non-hydrogen) atoms. The number of esters is 1. The Balaban J connectivity index is 2.35. The number of terminal acetylenes is 1. The SMILES string of the molecule is C#CC(C1CC1)N(CC(=O)OC(C)CC)S(=O)(=O)c1ccc(C(F)(F)F)cc1. The van der Waals surface area contributed by atoms with Gasteiger partial charge in [0.2, 0.25) is 10.0 Å². The molecule has 2 atom stereocenters. The van der Waals surface area contributed by atoms with Gasteiger partial charge in [-0.15, -0.1) is 6.42 Å². The highest BCUT2D eigenvalue weighted by Crippen LogP contribution is 2.37. The van der Waals surface area contributed by atoms with Crippen molar-refractivity contribution in [2.24, 2.45) is 5.92 Å². The Labute approximate surface area is 162 Å². The molecule has 5 nitrogen and oxygen atoms in total. The molecule has 2 unspecified atom stereocenters. The molecule has 0 radical (unpaired) electrons. The fraction of sp³-hybridized carbons (Fsp3) is 0.526. The van der Waals surface area contributed by atoms with E-state index < -0.39 is 46.4 Å². The molecule has 154 valence electrons. The van der Waals surface area contributed by atoms with Gasteiger partial charge in [0.25, 0.3) is 0 Å². The Morgan fingerprint density at radius 3 is 2.32 bits per heavy atom. The molecule has 1 aliphatic rings. The van der Waals surface area contributed by atoms with Gasteiger partial charge in [-0.25, -0.2) is 8.42 Å². The Hall–Kier alpha value is -2.05. The van der Waals surface area contributed by atoms with Gasteiger partial charge in [-0.05, 0) is 56.4 Å². The van der Waals surface area contributed by atoms with Gasteiger partial charge >= 0.3 is 12.1 Å². The van der Waals surface area contributed by atoms with Crippen molar-refractivity contribution in [2.75, 3.05) is 6.54 Å². The van der Waals surface area contributed by atoms with Crippen molar-refractivity contribution in [1.82, 2.24) is 4.31 Å². The normalized spacial score (nSPS) is 17.0. The second-order valence-corrected chi connectivity index (χ2v) is 8.62. The van der Waals surface area contributed by atoms with Crippen LogP contribution in [0.4, 0.5) is 13.2 Å². The highest BCUT2D eigenvalue weighted by atomic mass is 32.2. The third-order valence-electron chi connectivity index (χ3n) is 4.53. The van der Waals surface area contributed by atoms with Crippen LogP contribution < -0.4 is 0 Å². The van der Waals surface area contributed by atoms with Crippen LogP contribution >= 0.6 is 0 Å². The van der Waals surface area contributed by atoms with Gasteiger partial charge in [-0.3, -0.25) is 4.79 Å². The lowest BCUT2D eigenvalue weighted by Gasteiger charge is -2.27. The average Bonchev–Trinajstić information content (AvgIpc) is 3.45. The minimum atomic E-state index is -4.59. The monoisotopic (exact) mass is 417 g/mol. The zero-order valence-corrected chi connectivity index (χ0v) is 16.4. The van der Waals surface area contributed by atoms with Crippen LogP contribution in [0.2, 0.25) is 0 Å². The number of hydrogen-bond acceptors (Lipinski definition) is 4. The first-order valence-corrected chi connectivity index (χ1v) is 10.3. The summed E-state index contributed by atoms with van der Waals surface area (Å²) >= 11 is 0. The van der Waals surface area contributed by atoms with Crippen molar-refractivity contribution < 1.29 is 31.1 Å². The second kappa shape index (κ2) is 8.53. The molecular weight excluding hydrogens is 395 g/mol. The van der Waals surface area contributed by atoms with Gasteiger partial charge in [0.05, 0.1) is 22.6 Å². The molecule has 1 saturated carbocycles. The fourth-order valence-electron chi connectivity index (χ4n) is 2.62. The number of carbonyl (C=O) groups is 1. The molecule has 1 aromatic rings. The van der Waals surface area contributed by atoms with Crippen LogP contribution in [0.25, 0.3) is 0 Å². The van der Waals surface area contributed by atoms with E-state index in [1.54, 1.807) is 6.92 Å². The molecule has 1 fully saturated rings. The minimum Gasteiger partial charge on any atom is -0.462 e. The Bertz CT molecular complexity index is 839. The lowest BCUT2D eigenvalue weighted by Crippen LogP contribution is -2.44. The predicted octanol–water partition coefficient (Wildman–Crippen LogP) is 3.45. The maximum Gasteiger partial charge on any atom is 0.416 e. The number of alkyl halides is 3. The van der Waals surface area contributed by atoms with Gasteiger partial charge in [-0.1, -0.05) is 12.8 Å². The molecule has 9 heteroatoms. The molecule has 0 amide bonds. The molecule has 1 aliphatic carbocycles. The van der Waals surface area contributed by atoms with E-state index in [0.717, 1.165) is 16.4 Å². The van der Waals surface area contributed by atoms with Crippen molar-refractivity contribution in [3.05, 3.63) is 29.8 Å². The maximum atomic E-state index is 13.1. The molecule has 0 saturated heterocycles. The zero-order valence-electron chi connectivity index (χ0n) is 15.6. The van der Waals surface area contributed by atoms with Gasteiger partial charge in [0, 0.05) is 0 Å². The highest BCUT2D eigenvalue weighted by Gasteiger charge is 2.42. The number of hydrogen-bond donors (Lipinski definition) is 0.